The van der Waals surface area contributed by atoms with Crippen molar-refractivity contribution in [2.45, 2.75) is 39.3 Å². The van der Waals surface area contributed by atoms with Crippen LogP contribution in [0.15, 0.2) is 25.3 Å². The summed E-state index contributed by atoms with van der Waals surface area (Å²) in [5.41, 5.74) is 0. The van der Waals surface area contributed by atoms with Crippen molar-refractivity contribution in [3.05, 3.63) is 25.3 Å². The Morgan fingerprint density at radius 1 is 0.667 bits per heavy atom. The Hall–Kier alpha value is -1.09. The number of hydrogen-bond acceptors (Lipinski definition) is 8. The second kappa shape index (κ2) is 11.7. The Bertz CT molecular complexity index is 476. The van der Waals surface area contributed by atoms with Crippen LogP contribution in [0.25, 0.3) is 0 Å². The maximum Gasteiger partial charge on any atom is 0.330 e. The molecule has 0 amide bonds. The van der Waals surface area contributed by atoms with Gasteiger partial charge < -0.3 is 26.6 Å². The lowest BCUT2D eigenvalue weighted by atomic mass is 10.6. The first-order valence-electron chi connectivity index (χ1n) is 8.59. The molecule has 0 aromatic rings. The van der Waals surface area contributed by atoms with E-state index in [9.17, 15) is 9.59 Å². The van der Waals surface area contributed by atoms with Gasteiger partial charge in [0.1, 0.15) is 13.2 Å². The van der Waals surface area contributed by atoms with Crippen molar-refractivity contribution in [1.29, 1.82) is 0 Å². The minimum absolute atomic E-state index is 0.139. The predicted octanol–water partition coefficient (Wildman–Crippen LogP) is 2.62. The highest BCUT2D eigenvalue weighted by molar-refractivity contribution is 6.84. The first-order valence-corrected chi connectivity index (χ1v) is 17.0. The summed E-state index contributed by atoms with van der Waals surface area (Å²) in [6.45, 7) is 18.9. The molecule has 0 aliphatic carbocycles. The molecule has 0 unspecified atom stereocenters. The lowest BCUT2D eigenvalue weighted by molar-refractivity contribution is -0.139. The molecule has 0 fully saturated rings. The third kappa shape index (κ3) is 13.7. The lowest BCUT2D eigenvalue weighted by Crippen LogP contribution is -2.54. The fourth-order valence-electron chi connectivity index (χ4n) is 2.24. The van der Waals surface area contributed by atoms with Gasteiger partial charge in [-0.05, 0) is 39.3 Å². The van der Waals surface area contributed by atoms with Crippen LogP contribution < -0.4 is 0 Å². The van der Waals surface area contributed by atoms with Gasteiger partial charge in [0.2, 0.25) is 0 Å². The van der Waals surface area contributed by atoms with Crippen molar-refractivity contribution < 1.29 is 36.1 Å². The molecule has 0 radical (unpaired) electrons. The van der Waals surface area contributed by atoms with Gasteiger partial charge in [0.05, 0.1) is 13.2 Å². The van der Waals surface area contributed by atoms with E-state index in [0.717, 1.165) is 12.2 Å². The zero-order valence-corrected chi connectivity index (χ0v) is 20.2. The first-order chi connectivity index (χ1) is 12.3. The molecular formula is C16H32O8Si3. The van der Waals surface area contributed by atoms with E-state index in [1.165, 1.54) is 0 Å². The maximum atomic E-state index is 11.0. The van der Waals surface area contributed by atoms with Crippen molar-refractivity contribution in [3.8, 4) is 0 Å². The monoisotopic (exact) mass is 436 g/mol. The molecule has 0 atom stereocenters. The van der Waals surface area contributed by atoms with E-state index in [0.29, 0.717) is 0 Å². The summed E-state index contributed by atoms with van der Waals surface area (Å²) in [5.74, 6) is -0.971. The number of rotatable bonds is 14. The van der Waals surface area contributed by atoms with E-state index in [4.69, 9.17) is 26.6 Å². The van der Waals surface area contributed by atoms with Crippen LogP contribution in [0.5, 0.6) is 0 Å². The molecule has 0 bridgehead atoms. The molecule has 0 saturated heterocycles. The molecule has 0 aliphatic rings. The fraction of sp³-hybridized carbons (Fsp3) is 0.625. The highest BCUT2D eigenvalue weighted by Gasteiger charge is 2.41. The van der Waals surface area contributed by atoms with Crippen molar-refractivity contribution in [2.24, 2.45) is 0 Å². The largest absolute Gasteiger partial charge is 0.460 e. The van der Waals surface area contributed by atoms with E-state index in [-0.39, 0.29) is 26.4 Å². The normalized spacial score (nSPS) is 12.4. The van der Waals surface area contributed by atoms with Crippen LogP contribution in [0.4, 0.5) is 0 Å². The SMILES string of the molecule is C=CC(=O)OCCO[Si](C)(C)O[Si](C)(C)O[Si](C)(C)OCCOC(=O)C=C. The smallest absolute Gasteiger partial charge is 0.330 e. The van der Waals surface area contributed by atoms with Gasteiger partial charge in [-0.2, -0.15) is 0 Å². The van der Waals surface area contributed by atoms with Gasteiger partial charge in [0, 0.05) is 12.2 Å². The number of esters is 2. The maximum absolute atomic E-state index is 11.0. The van der Waals surface area contributed by atoms with E-state index in [2.05, 4.69) is 13.2 Å². The molecule has 0 aliphatic heterocycles. The third-order valence-electron chi connectivity index (χ3n) is 2.87. The third-order valence-corrected chi connectivity index (χ3v) is 12.5. The van der Waals surface area contributed by atoms with Crippen LogP contribution in [-0.4, -0.2) is 64.0 Å². The minimum Gasteiger partial charge on any atom is -0.460 e. The molecule has 0 aromatic heterocycles. The number of hydrogen-bond donors (Lipinski definition) is 0. The molecular weight excluding hydrogens is 404 g/mol. The highest BCUT2D eigenvalue weighted by Crippen LogP contribution is 2.21. The molecule has 8 nitrogen and oxygen atoms in total. The van der Waals surface area contributed by atoms with Gasteiger partial charge in [0.25, 0.3) is 0 Å². The molecule has 0 rings (SSSR count). The summed E-state index contributed by atoms with van der Waals surface area (Å²) in [5, 5.41) is 0. The molecule has 27 heavy (non-hydrogen) atoms. The Labute approximate surface area is 165 Å². The average Bonchev–Trinajstić information content (AvgIpc) is 2.52. The van der Waals surface area contributed by atoms with E-state index in [1.54, 1.807) is 0 Å². The number of carbonyl (C=O) groups excluding carboxylic acids is 2. The van der Waals surface area contributed by atoms with Gasteiger partial charge in [0.15, 0.2) is 0 Å². The van der Waals surface area contributed by atoms with Crippen molar-refractivity contribution in [3.63, 3.8) is 0 Å². The average molecular weight is 437 g/mol. The summed E-state index contributed by atoms with van der Waals surface area (Å²) in [7, 11) is -7.47. The van der Waals surface area contributed by atoms with Gasteiger partial charge in [-0.1, -0.05) is 13.2 Å². The molecule has 0 spiro atoms. The zero-order chi connectivity index (χ0) is 21.1. The molecule has 0 saturated carbocycles. The van der Waals surface area contributed by atoms with Crippen molar-refractivity contribution >= 4 is 37.6 Å². The topological polar surface area (TPSA) is 89.5 Å². The second-order valence-electron chi connectivity index (χ2n) is 6.84. The van der Waals surface area contributed by atoms with Gasteiger partial charge in [-0.3, -0.25) is 0 Å². The van der Waals surface area contributed by atoms with E-state index >= 15 is 0 Å². The second-order valence-corrected chi connectivity index (χ2v) is 17.5. The summed E-state index contributed by atoms with van der Waals surface area (Å²) < 4.78 is 33.7. The molecule has 156 valence electrons. The molecule has 11 heteroatoms. The minimum atomic E-state index is -2.53. The lowest BCUT2D eigenvalue weighted by Gasteiger charge is -2.37. The number of carbonyl (C=O) groups is 2. The standard InChI is InChI=1S/C16H32O8Si3/c1-9-15(17)19-11-13-21-25(3,4)23-27(7,8)24-26(5,6)22-14-12-20-16(18)10-2/h9-10H,1-2,11-14H2,3-8H3. The summed E-state index contributed by atoms with van der Waals surface area (Å²) in [4.78, 5) is 22.0. The van der Waals surface area contributed by atoms with Crippen LogP contribution >= 0.6 is 0 Å². The Morgan fingerprint density at radius 3 is 1.30 bits per heavy atom. The Morgan fingerprint density at radius 2 is 1.00 bits per heavy atom. The summed E-state index contributed by atoms with van der Waals surface area (Å²) >= 11 is 0. The fourth-order valence-corrected chi connectivity index (χ4v) is 13.9. The van der Waals surface area contributed by atoms with Crippen molar-refractivity contribution in [2.75, 3.05) is 26.4 Å². The van der Waals surface area contributed by atoms with E-state index in [1.807, 2.05) is 39.3 Å². The Balaban J connectivity index is 4.39. The van der Waals surface area contributed by atoms with Crippen LogP contribution in [0.3, 0.4) is 0 Å². The highest BCUT2D eigenvalue weighted by atomic mass is 28.5. The van der Waals surface area contributed by atoms with Crippen LogP contribution in [0.1, 0.15) is 0 Å². The van der Waals surface area contributed by atoms with Gasteiger partial charge in [-0.25, -0.2) is 9.59 Å². The van der Waals surface area contributed by atoms with Gasteiger partial charge >= 0.3 is 37.6 Å². The van der Waals surface area contributed by atoms with Gasteiger partial charge in [-0.15, -0.1) is 0 Å². The Kier molecular flexibility index (Phi) is 11.2. The summed E-state index contributed by atoms with van der Waals surface area (Å²) in [6, 6.07) is 0. The quantitative estimate of drug-likeness (QED) is 0.178. The van der Waals surface area contributed by atoms with E-state index < -0.39 is 37.6 Å². The molecule has 0 N–H and O–H groups in total. The first kappa shape index (κ1) is 25.9. The van der Waals surface area contributed by atoms with Crippen LogP contribution in [-0.2, 0) is 36.1 Å². The van der Waals surface area contributed by atoms with Crippen LogP contribution in [0, 0.1) is 0 Å². The molecule has 0 aromatic carbocycles. The van der Waals surface area contributed by atoms with Crippen molar-refractivity contribution in [1.82, 2.24) is 0 Å². The number of ether oxygens (including phenoxy) is 2. The predicted molar refractivity (Wildman–Crippen MR) is 109 cm³/mol. The summed E-state index contributed by atoms with van der Waals surface area (Å²) in [6.07, 6.45) is 2.21. The zero-order valence-electron chi connectivity index (χ0n) is 17.2. The molecule has 0 heterocycles. The van der Waals surface area contributed by atoms with Crippen LogP contribution in [0.2, 0.25) is 39.3 Å².